The molecule has 1 aliphatic carbocycles. The van der Waals surface area contributed by atoms with Crippen LogP contribution in [0.5, 0.6) is 0 Å². The van der Waals surface area contributed by atoms with Gasteiger partial charge in [0.2, 0.25) is 0 Å². The van der Waals surface area contributed by atoms with E-state index in [9.17, 15) is 0 Å². The van der Waals surface area contributed by atoms with E-state index in [1.54, 1.807) is 5.56 Å². The molecule has 26 heavy (non-hydrogen) atoms. The molecule has 0 heterocycles. The average Bonchev–Trinajstić information content (AvgIpc) is 2.67. The lowest BCUT2D eigenvalue weighted by Gasteiger charge is -2.26. The second kappa shape index (κ2) is 12.3. The van der Waals surface area contributed by atoms with Crippen molar-refractivity contribution in [2.75, 3.05) is 20.2 Å². The smallest absolute Gasteiger partial charge is 0.0651 e. The summed E-state index contributed by atoms with van der Waals surface area (Å²) in [7, 11) is 2.07. The molecule has 2 nitrogen and oxygen atoms in total. The van der Waals surface area contributed by atoms with Gasteiger partial charge in [0.15, 0.2) is 0 Å². The monoisotopic (exact) mass is 357 g/mol. The third kappa shape index (κ3) is 6.89. The highest BCUT2D eigenvalue weighted by atomic mass is 16.5. The molecule has 0 saturated carbocycles. The predicted octanol–water partition coefficient (Wildman–Crippen LogP) is 5.80. The SMILES string of the molecule is CCC/C=C\COC1CCc2cc(C(CCCCC)CNC)ccc2C1. The highest BCUT2D eigenvalue weighted by Crippen LogP contribution is 2.29. The molecule has 0 spiro atoms. The highest BCUT2D eigenvalue weighted by molar-refractivity contribution is 5.36. The van der Waals surface area contributed by atoms with Crippen molar-refractivity contribution in [3.05, 3.63) is 47.0 Å². The average molecular weight is 358 g/mol. The molecule has 1 aliphatic rings. The normalized spacial score (nSPS) is 18.2. The molecule has 1 N–H and O–H groups in total. The first-order chi connectivity index (χ1) is 12.8. The molecule has 0 aliphatic heterocycles. The zero-order valence-electron chi connectivity index (χ0n) is 17.2. The van der Waals surface area contributed by atoms with E-state index in [4.69, 9.17) is 4.74 Å². The summed E-state index contributed by atoms with van der Waals surface area (Å²) in [6.45, 7) is 6.34. The van der Waals surface area contributed by atoms with Gasteiger partial charge in [0.25, 0.3) is 0 Å². The van der Waals surface area contributed by atoms with Gasteiger partial charge in [-0.2, -0.15) is 0 Å². The third-order valence-electron chi connectivity index (χ3n) is 5.54. The predicted molar refractivity (Wildman–Crippen MR) is 113 cm³/mol. The van der Waals surface area contributed by atoms with Crippen molar-refractivity contribution in [2.24, 2.45) is 0 Å². The minimum absolute atomic E-state index is 0.386. The molecular weight excluding hydrogens is 318 g/mol. The maximum atomic E-state index is 6.07. The summed E-state index contributed by atoms with van der Waals surface area (Å²) in [5.41, 5.74) is 4.58. The van der Waals surface area contributed by atoms with Crippen LogP contribution in [0.15, 0.2) is 30.4 Å². The van der Waals surface area contributed by atoms with Gasteiger partial charge in [0.05, 0.1) is 12.7 Å². The largest absolute Gasteiger partial charge is 0.374 e. The number of aryl methyl sites for hydroxylation is 1. The summed E-state index contributed by atoms with van der Waals surface area (Å²) in [4.78, 5) is 0. The number of ether oxygens (including phenoxy) is 1. The van der Waals surface area contributed by atoms with Crippen LogP contribution in [0.2, 0.25) is 0 Å². The molecule has 1 aromatic carbocycles. The molecule has 2 heteroatoms. The van der Waals surface area contributed by atoms with Gasteiger partial charge in [-0.3, -0.25) is 0 Å². The van der Waals surface area contributed by atoms with E-state index in [2.05, 4.69) is 56.6 Å². The molecule has 0 radical (unpaired) electrons. The Morgan fingerprint density at radius 2 is 2.04 bits per heavy atom. The van der Waals surface area contributed by atoms with Crippen LogP contribution in [-0.4, -0.2) is 26.3 Å². The Bertz CT molecular complexity index is 537. The van der Waals surface area contributed by atoms with Crippen LogP contribution in [0.3, 0.4) is 0 Å². The van der Waals surface area contributed by atoms with Crippen LogP contribution in [0.4, 0.5) is 0 Å². The molecule has 0 bridgehead atoms. The van der Waals surface area contributed by atoms with Crippen molar-refractivity contribution in [1.29, 1.82) is 0 Å². The van der Waals surface area contributed by atoms with Crippen molar-refractivity contribution in [3.8, 4) is 0 Å². The van der Waals surface area contributed by atoms with E-state index in [-0.39, 0.29) is 0 Å². The van der Waals surface area contributed by atoms with Gasteiger partial charge in [-0.05, 0) is 61.8 Å². The van der Waals surface area contributed by atoms with Crippen LogP contribution in [-0.2, 0) is 17.6 Å². The molecular formula is C24H39NO. The van der Waals surface area contributed by atoms with Crippen LogP contribution in [0.25, 0.3) is 0 Å². The van der Waals surface area contributed by atoms with E-state index < -0.39 is 0 Å². The first kappa shape index (κ1) is 21.2. The van der Waals surface area contributed by atoms with E-state index >= 15 is 0 Å². The van der Waals surface area contributed by atoms with Crippen LogP contribution in [0, 0.1) is 0 Å². The van der Waals surface area contributed by atoms with Crippen molar-refractivity contribution in [1.82, 2.24) is 5.32 Å². The van der Waals surface area contributed by atoms with Crippen LogP contribution < -0.4 is 5.32 Å². The molecule has 2 atom stereocenters. The van der Waals surface area contributed by atoms with Gasteiger partial charge in [-0.15, -0.1) is 0 Å². The molecule has 0 fully saturated rings. The topological polar surface area (TPSA) is 21.3 Å². The highest BCUT2D eigenvalue weighted by Gasteiger charge is 2.20. The van der Waals surface area contributed by atoms with Crippen molar-refractivity contribution in [3.63, 3.8) is 0 Å². The molecule has 146 valence electrons. The zero-order valence-corrected chi connectivity index (χ0v) is 17.2. The zero-order chi connectivity index (χ0) is 18.6. The Labute approximate surface area is 161 Å². The Morgan fingerprint density at radius 3 is 2.81 bits per heavy atom. The summed E-state index contributed by atoms with van der Waals surface area (Å²) in [6, 6.07) is 7.23. The number of likely N-dealkylation sites (N-methyl/N-ethyl adjacent to an activating group) is 1. The van der Waals surface area contributed by atoms with Gasteiger partial charge in [0, 0.05) is 6.54 Å². The summed E-state index contributed by atoms with van der Waals surface area (Å²) >= 11 is 0. The number of hydrogen-bond donors (Lipinski definition) is 1. The van der Waals surface area contributed by atoms with E-state index in [0.717, 1.165) is 38.8 Å². The molecule has 2 rings (SSSR count). The summed E-state index contributed by atoms with van der Waals surface area (Å²) in [5, 5.41) is 3.39. The maximum Gasteiger partial charge on any atom is 0.0651 e. The Balaban J connectivity index is 1.92. The minimum atomic E-state index is 0.386. The Kier molecular flexibility index (Phi) is 10.0. The number of benzene rings is 1. The van der Waals surface area contributed by atoms with E-state index in [1.165, 1.54) is 43.2 Å². The minimum Gasteiger partial charge on any atom is -0.374 e. The van der Waals surface area contributed by atoms with E-state index in [0.29, 0.717) is 12.0 Å². The number of allylic oxidation sites excluding steroid dienone is 1. The quantitative estimate of drug-likeness (QED) is 0.377. The molecule has 0 amide bonds. The van der Waals surface area contributed by atoms with E-state index in [1.807, 2.05) is 0 Å². The van der Waals surface area contributed by atoms with Gasteiger partial charge < -0.3 is 10.1 Å². The fraction of sp³-hybridized carbons (Fsp3) is 0.667. The Hall–Kier alpha value is -1.12. The molecule has 0 saturated heterocycles. The van der Waals surface area contributed by atoms with Gasteiger partial charge in [-0.1, -0.05) is 69.9 Å². The van der Waals surface area contributed by atoms with Crippen LogP contribution in [0.1, 0.15) is 81.4 Å². The fourth-order valence-corrected chi connectivity index (χ4v) is 3.96. The number of rotatable bonds is 12. The van der Waals surface area contributed by atoms with Gasteiger partial charge in [0.1, 0.15) is 0 Å². The van der Waals surface area contributed by atoms with Crippen molar-refractivity contribution >= 4 is 0 Å². The van der Waals surface area contributed by atoms with Crippen molar-refractivity contribution in [2.45, 2.75) is 83.7 Å². The Morgan fingerprint density at radius 1 is 1.15 bits per heavy atom. The molecule has 2 unspecified atom stereocenters. The number of hydrogen-bond acceptors (Lipinski definition) is 2. The molecule has 0 aromatic heterocycles. The lowest BCUT2D eigenvalue weighted by Crippen LogP contribution is -2.23. The standard InChI is InChI=1S/C24H39NO/c1-4-6-8-10-16-26-24-15-14-20-17-21(12-13-22(20)18-24)23(19-25-3)11-9-7-5-2/h8,10,12-13,17,23-25H,4-7,9,11,14-16,18-19H2,1-3H3/b10-8-. The second-order valence-electron chi connectivity index (χ2n) is 7.74. The summed E-state index contributed by atoms with van der Waals surface area (Å²) in [6.07, 6.45) is 15.8. The first-order valence-electron chi connectivity index (χ1n) is 10.8. The first-order valence-corrected chi connectivity index (χ1v) is 10.8. The van der Waals surface area contributed by atoms with Crippen LogP contribution >= 0.6 is 0 Å². The second-order valence-corrected chi connectivity index (χ2v) is 7.74. The lowest BCUT2D eigenvalue weighted by molar-refractivity contribution is 0.0641. The molecule has 1 aromatic rings. The third-order valence-corrected chi connectivity index (χ3v) is 5.54. The van der Waals surface area contributed by atoms with Gasteiger partial charge in [-0.25, -0.2) is 0 Å². The number of nitrogens with one attached hydrogen (secondary N) is 1. The fourth-order valence-electron chi connectivity index (χ4n) is 3.96. The lowest BCUT2D eigenvalue weighted by atomic mass is 9.85. The maximum absolute atomic E-state index is 6.07. The summed E-state index contributed by atoms with van der Waals surface area (Å²) in [5.74, 6) is 0.648. The number of fused-ring (bicyclic) bond motifs is 1. The van der Waals surface area contributed by atoms with Crippen molar-refractivity contribution < 1.29 is 4.74 Å². The summed E-state index contributed by atoms with van der Waals surface area (Å²) < 4.78 is 6.07. The number of unbranched alkanes of at least 4 members (excludes halogenated alkanes) is 3. The van der Waals surface area contributed by atoms with Gasteiger partial charge >= 0.3 is 0 Å².